The summed E-state index contributed by atoms with van der Waals surface area (Å²) in [6.45, 7) is 1.88. The zero-order valence-corrected chi connectivity index (χ0v) is 14.2. The van der Waals surface area contributed by atoms with Gasteiger partial charge >= 0.3 is 51.4 Å². The Morgan fingerprint density at radius 2 is 2.00 bits per heavy atom. The normalized spacial score (nSPS) is 11.8. The molecule has 0 unspecified atom stereocenters. The van der Waals surface area contributed by atoms with E-state index in [1.54, 1.807) is 24.3 Å². The van der Waals surface area contributed by atoms with Gasteiger partial charge in [-0.2, -0.15) is 8.42 Å². The Bertz CT molecular complexity index is 461. The predicted molar refractivity (Wildman–Crippen MR) is 61.9 cm³/mol. The van der Waals surface area contributed by atoms with Crippen LogP contribution in [-0.4, -0.2) is 23.8 Å². The second kappa shape index (κ2) is 8.65. The maximum atomic E-state index is 10.3. The monoisotopic (exact) mass is 299 g/mol. The minimum absolute atomic E-state index is 0. The van der Waals surface area contributed by atoms with E-state index < -0.39 is 10.4 Å². The van der Waals surface area contributed by atoms with Crippen LogP contribution in [0, 0.1) is 0 Å². The summed E-state index contributed by atoms with van der Waals surface area (Å²) in [6, 6.07) is 8.90. The average Bonchev–Trinajstić information content (AvgIpc) is 2.24. The second-order valence-corrected chi connectivity index (χ2v) is 4.90. The summed E-state index contributed by atoms with van der Waals surface area (Å²) < 4.78 is 34.7. The van der Waals surface area contributed by atoms with Crippen molar-refractivity contribution in [2.75, 3.05) is 5.75 Å². The van der Waals surface area contributed by atoms with Crippen molar-refractivity contribution in [3.05, 3.63) is 35.9 Å². The van der Waals surface area contributed by atoms with E-state index in [1.165, 1.54) is 11.8 Å². The van der Waals surface area contributed by atoms with Gasteiger partial charge in [0.1, 0.15) is 5.04 Å². The van der Waals surface area contributed by atoms with Crippen LogP contribution in [0.2, 0.25) is 0 Å². The van der Waals surface area contributed by atoms with E-state index in [-0.39, 0.29) is 51.4 Å². The van der Waals surface area contributed by atoms with Gasteiger partial charge in [0.15, 0.2) is 0 Å². The first-order valence-corrected chi connectivity index (χ1v) is 6.75. The molecule has 0 bridgehead atoms. The first-order valence-electron chi connectivity index (χ1n) is 4.43. The number of oxime groups is 1. The van der Waals surface area contributed by atoms with Crippen LogP contribution in [0.15, 0.2) is 35.5 Å². The van der Waals surface area contributed by atoms with E-state index >= 15 is 0 Å². The molecule has 0 saturated heterocycles. The number of nitrogens with zero attached hydrogens (tertiary/aromatic N) is 1. The van der Waals surface area contributed by atoms with Crippen LogP contribution < -0.4 is 51.4 Å². The minimum Gasteiger partial charge on any atom is -0.714 e. The van der Waals surface area contributed by atoms with E-state index in [9.17, 15) is 13.0 Å². The van der Waals surface area contributed by atoms with Crippen molar-refractivity contribution in [3.8, 4) is 0 Å². The molecule has 1 aromatic carbocycles. The molecule has 0 aliphatic carbocycles. The topological polar surface area (TPSA) is 78.8 Å². The predicted octanol–water partition coefficient (Wildman–Crippen LogP) is -1.42. The standard InChI is InChI=1S/C9H11NO4S2.K/c1-2-15-9(10-14-16(11,12)13)8-6-4-3-5-7-8;/h3-7H,2H2,1H3,(H,11,12,13);/q;+1/p-1/b10-9-;. The molecular formula is C9H10KNO4S2. The Labute approximate surface area is 147 Å². The molecular weight excluding hydrogens is 289 g/mol. The van der Waals surface area contributed by atoms with Crippen molar-refractivity contribution in [1.82, 2.24) is 0 Å². The molecule has 0 aliphatic heterocycles. The first kappa shape index (κ1) is 17.6. The molecule has 5 nitrogen and oxygen atoms in total. The average molecular weight is 299 g/mol. The van der Waals surface area contributed by atoms with Crippen LogP contribution in [0.5, 0.6) is 0 Å². The van der Waals surface area contributed by atoms with Crippen LogP contribution in [0.1, 0.15) is 12.5 Å². The summed E-state index contributed by atoms with van der Waals surface area (Å²) in [5.74, 6) is 0.690. The summed E-state index contributed by atoms with van der Waals surface area (Å²) in [4.78, 5) is 0. The fraction of sp³-hybridized carbons (Fsp3) is 0.222. The van der Waals surface area contributed by atoms with E-state index in [0.29, 0.717) is 16.4 Å². The summed E-state index contributed by atoms with van der Waals surface area (Å²) in [6.07, 6.45) is 0. The first-order chi connectivity index (χ1) is 7.53. The molecule has 1 aromatic rings. The molecule has 1 rings (SSSR count). The van der Waals surface area contributed by atoms with Crippen molar-refractivity contribution >= 4 is 27.2 Å². The van der Waals surface area contributed by atoms with Gasteiger partial charge in [0.05, 0.1) is 0 Å². The van der Waals surface area contributed by atoms with Gasteiger partial charge in [0, 0.05) is 5.56 Å². The fourth-order valence-corrected chi connectivity index (χ4v) is 1.84. The zero-order chi connectivity index (χ0) is 12.0. The molecule has 0 aliphatic rings. The molecule has 88 valence electrons. The zero-order valence-electron chi connectivity index (χ0n) is 9.49. The summed E-state index contributed by atoms with van der Waals surface area (Å²) in [7, 11) is -4.80. The Morgan fingerprint density at radius 1 is 1.41 bits per heavy atom. The summed E-state index contributed by atoms with van der Waals surface area (Å²) in [5, 5.41) is 3.70. The number of thioether (sulfide) groups is 1. The van der Waals surface area contributed by atoms with Crippen LogP contribution in [-0.2, 0) is 14.7 Å². The molecule has 0 saturated carbocycles. The van der Waals surface area contributed by atoms with Gasteiger partial charge in [-0.25, -0.2) is 0 Å². The molecule has 0 radical (unpaired) electrons. The van der Waals surface area contributed by atoms with Gasteiger partial charge in [-0.05, 0) is 5.75 Å². The Kier molecular flexibility index (Phi) is 8.95. The minimum atomic E-state index is -4.80. The van der Waals surface area contributed by atoms with Gasteiger partial charge in [0.25, 0.3) is 10.4 Å². The molecule has 0 amide bonds. The SMILES string of the molecule is CCS/C(=N\OS(=O)(=O)[O-])c1ccccc1.[K+]. The van der Waals surface area contributed by atoms with Gasteiger partial charge in [0.2, 0.25) is 0 Å². The van der Waals surface area contributed by atoms with Crippen molar-refractivity contribution < 1.29 is 68.6 Å². The molecule has 0 N–H and O–H groups in total. The maximum Gasteiger partial charge on any atom is 1.00 e. The smallest absolute Gasteiger partial charge is 0.714 e. The third kappa shape index (κ3) is 7.57. The van der Waals surface area contributed by atoms with Gasteiger partial charge < -0.3 is 4.55 Å². The quantitative estimate of drug-likeness (QED) is 0.170. The van der Waals surface area contributed by atoms with Crippen molar-refractivity contribution in [3.63, 3.8) is 0 Å². The molecule has 0 spiro atoms. The molecule has 0 fully saturated rings. The van der Waals surface area contributed by atoms with Crippen LogP contribution in [0.3, 0.4) is 0 Å². The largest absolute Gasteiger partial charge is 1.00 e. The number of rotatable bonds is 4. The van der Waals surface area contributed by atoms with Gasteiger partial charge in [-0.1, -0.05) is 42.4 Å². The van der Waals surface area contributed by atoms with E-state index in [1.807, 2.05) is 13.0 Å². The van der Waals surface area contributed by atoms with Crippen LogP contribution in [0.25, 0.3) is 0 Å². The number of hydrogen-bond acceptors (Lipinski definition) is 6. The van der Waals surface area contributed by atoms with Gasteiger partial charge in [-0.3, -0.25) is 4.28 Å². The molecule has 17 heavy (non-hydrogen) atoms. The Hall–Kier alpha value is 0.586. The van der Waals surface area contributed by atoms with E-state index in [4.69, 9.17) is 0 Å². The Balaban J connectivity index is 0.00000256. The number of benzene rings is 1. The van der Waals surface area contributed by atoms with Crippen molar-refractivity contribution in [1.29, 1.82) is 0 Å². The summed E-state index contributed by atoms with van der Waals surface area (Å²) in [5.41, 5.74) is 0.706. The van der Waals surface area contributed by atoms with E-state index in [0.717, 1.165) is 0 Å². The Morgan fingerprint density at radius 3 is 2.47 bits per heavy atom. The van der Waals surface area contributed by atoms with Crippen LogP contribution in [0.4, 0.5) is 0 Å². The third-order valence-corrected chi connectivity index (χ3v) is 2.64. The second-order valence-electron chi connectivity index (χ2n) is 2.68. The van der Waals surface area contributed by atoms with Crippen molar-refractivity contribution in [2.24, 2.45) is 5.16 Å². The third-order valence-electron chi connectivity index (χ3n) is 1.51. The molecule has 0 aromatic heterocycles. The van der Waals surface area contributed by atoms with Gasteiger partial charge in [-0.15, -0.1) is 11.8 Å². The molecule has 8 heteroatoms. The van der Waals surface area contributed by atoms with Crippen molar-refractivity contribution in [2.45, 2.75) is 6.92 Å². The molecule has 0 heterocycles. The van der Waals surface area contributed by atoms with E-state index in [2.05, 4.69) is 9.44 Å². The maximum absolute atomic E-state index is 10.3. The fourth-order valence-electron chi connectivity index (χ4n) is 0.959. The van der Waals surface area contributed by atoms with Crippen LogP contribution >= 0.6 is 11.8 Å². The summed E-state index contributed by atoms with van der Waals surface area (Å²) >= 11 is 1.29. The number of hydrogen-bond donors (Lipinski definition) is 0. The molecule has 0 atom stereocenters.